The highest BCUT2D eigenvalue weighted by Gasteiger charge is 2.22. The number of aryl methyl sites for hydroxylation is 2. The Kier molecular flexibility index (Phi) is 7.56. The van der Waals surface area contributed by atoms with Gasteiger partial charge in [-0.3, -0.25) is 0 Å². The zero-order valence-electron chi connectivity index (χ0n) is 22.3. The summed E-state index contributed by atoms with van der Waals surface area (Å²) in [6.07, 6.45) is 5.39. The summed E-state index contributed by atoms with van der Waals surface area (Å²) in [6.45, 7) is 1.37. The summed E-state index contributed by atoms with van der Waals surface area (Å²) < 4.78 is 29.1. The normalized spacial score (nSPS) is 11.4. The highest BCUT2D eigenvalue weighted by Crippen LogP contribution is 2.35. The first kappa shape index (κ1) is 26.3. The number of hydrogen-bond acceptors (Lipinski definition) is 7. The quantitative estimate of drug-likeness (QED) is 0.152. The maximum Gasteiger partial charge on any atom is 0.338 e. The lowest BCUT2D eigenvalue weighted by atomic mass is 10.1. The van der Waals surface area contributed by atoms with Gasteiger partial charge >= 0.3 is 5.97 Å². The Morgan fingerprint density at radius 2 is 1.87 bits per heavy atom. The fourth-order valence-electron chi connectivity index (χ4n) is 4.96. The predicted octanol–water partition coefficient (Wildman–Crippen LogP) is 5.11. The summed E-state index contributed by atoms with van der Waals surface area (Å²) in [6, 6.07) is 12.5. The van der Waals surface area contributed by atoms with Gasteiger partial charge in [0.1, 0.15) is 16.9 Å². The topological polar surface area (TPSA) is 110 Å². The Morgan fingerprint density at radius 1 is 1.05 bits per heavy atom. The van der Waals surface area contributed by atoms with E-state index in [1.54, 1.807) is 37.4 Å². The van der Waals surface area contributed by atoms with Crippen LogP contribution >= 0.6 is 0 Å². The molecule has 0 aliphatic carbocycles. The molecule has 5 rings (SSSR count). The molecule has 0 atom stereocenters. The fraction of sp³-hybridized carbons (Fsp3) is 0.310. The van der Waals surface area contributed by atoms with Gasteiger partial charge < -0.3 is 24.3 Å². The van der Waals surface area contributed by atoms with Gasteiger partial charge in [-0.25, -0.2) is 19.7 Å². The molecule has 202 valence electrons. The van der Waals surface area contributed by atoms with Crippen molar-refractivity contribution in [1.82, 2.24) is 24.1 Å². The number of hydrogen-bond donors (Lipinski definition) is 1. The van der Waals surface area contributed by atoms with Gasteiger partial charge in [-0.05, 0) is 61.9 Å². The molecular formula is C29H31FN6O3. The van der Waals surface area contributed by atoms with Crippen molar-refractivity contribution >= 4 is 28.0 Å². The molecule has 0 aliphatic heterocycles. The number of benzene rings is 1. The molecule has 0 spiro atoms. The van der Waals surface area contributed by atoms with Crippen LogP contribution in [0.25, 0.3) is 44.8 Å². The molecular weight excluding hydrogens is 499 g/mol. The molecule has 39 heavy (non-hydrogen) atoms. The summed E-state index contributed by atoms with van der Waals surface area (Å²) in [5.41, 5.74) is 9.86. The number of ether oxygens (including phenoxy) is 2. The van der Waals surface area contributed by atoms with Crippen molar-refractivity contribution in [1.29, 1.82) is 0 Å². The lowest BCUT2D eigenvalue weighted by Crippen LogP contribution is -2.05. The third-order valence-electron chi connectivity index (χ3n) is 6.92. The number of unbranched alkanes of at least 4 members (excludes halogenated alkanes) is 3. The Morgan fingerprint density at radius 3 is 2.62 bits per heavy atom. The summed E-state index contributed by atoms with van der Waals surface area (Å²) in [4.78, 5) is 25.8. The number of esters is 1. The second-order valence-electron chi connectivity index (χ2n) is 9.37. The first-order valence-corrected chi connectivity index (χ1v) is 12.9. The van der Waals surface area contributed by atoms with E-state index < -0.39 is 11.9 Å². The van der Waals surface area contributed by atoms with E-state index in [1.807, 2.05) is 23.7 Å². The minimum atomic E-state index is -0.562. The van der Waals surface area contributed by atoms with E-state index in [2.05, 4.69) is 9.55 Å². The van der Waals surface area contributed by atoms with Crippen LogP contribution in [0.15, 0.2) is 48.7 Å². The third kappa shape index (κ3) is 4.95. The van der Waals surface area contributed by atoms with E-state index in [4.69, 9.17) is 25.2 Å². The molecule has 0 saturated carbocycles. The minimum Gasteiger partial charge on any atom is -0.494 e. The number of imidazole rings is 1. The van der Waals surface area contributed by atoms with Gasteiger partial charge in [0, 0.05) is 25.2 Å². The molecule has 0 saturated heterocycles. The molecule has 10 heteroatoms. The first-order chi connectivity index (χ1) is 19.0. The van der Waals surface area contributed by atoms with Crippen LogP contribution < -0.4 is 10.5 Å². The molecule has 1 aromatic carbocycles. The van der Waals surface area contributed by atoms with Crippen molar-refractivity contribution in [2.75, 3.05) is 20.8 Å². The number of methoxy groups -OCH3 is 2. The summed E-state index contributed by atoms with van der Waals surface area (Å²) in [5.74, 6) is 0.187. The standard InChI is InChI=1S/C29H31FN6O3/c1-35-25-22(15-19(29(37)39-3)17-24(25)38-2)34-28(35)23-16-18-10-11-21(20-9-8-13-32-26(20)30)33-27(18)36(23)14-7-5-4-6-12-31/h8-11,13,15-17H,4-7,12,14,31H2,1-3H3. The minimum absolute atomic E-state index is 0.347. The van der Waals surface area contributed by atoms with Crippen LogP contribution in [0.4, 0.5) is 4.39 Å². The van der Waals surface area contributed by atoms with Crippen LogP contribution in [0.2, 0.25) is 0 Å². The van der Waals surface area contributed by atoms with Crippen molar-refractivity contribution in [2.24, 2.45) is 12.8 Å². The second-order valence-corrected chi connectivity index (χ2v) is 9.37. The van der Waals surface area contributed by atoms with Gasteiger partial charge in [0.25, 0.3) is 0 Å². The maximum absolute atomic E-state index is 14.5. The van der Waals surface area contributed by atoms with Crippen LogP contribution in [-0.4, -0.2) is 50.8 Å². The van der Waals surface area contributed by atoms with Crippen LogP contribution in [0.5, 0.6) is 5.75 Å². The van der Waals surface area contributed by atoms with Gasteiger partial charge in [-0.2, -0.15) is 4.39 Å². The van der Waals surface area contributed by atoms with Gasteiger partial charge in [-0.15, -0.1) is 0 Å². The summed E-state index contributed by atoms with van der Waals surface area (Å²) in [5, 5.41) is 0.911. The van der Waals surface area contributed by atoms with Crippen molar-refractivity contribution in [2.45, 2.75) is 32.2 Å². The number of nitrogens with two attached hydrogens (primary N) is 1. The molecule has 0 amide bonds. The first-order valence-electron chi connectivity index (χ1n) is 12.9. The number of rotatable bonds is 10. The maximum atomic E-state index is 14.5. The van der Waals surface area contributed by atoms with E-state index in [-0.39, 0.29) is 0 Å². The van der Waals surface area contributed by atoms with Gasteiger partial charge in [0.15, 0.2) is 5.82 Å². The van der Waals surface area contributed by atoms with Crippen molar-refractivity contribution < 1.29 is 18.7 Å². The van der Waals surface area contributed by atoms with E-state index in [9.17, 15) is 9.18 Å². The van der Waals surface area contributed by atoms with Gasteiger partial charge in [0.2, 0.25) is 5.95 Å². The number of fused-ring (bicyclic) bond motifs is 2. The van der Waals surface area contributed by atoms with Gasteiger partial charge in [0.05, 0.1) is 42.3 Å². The number of pyridine rings is 2. The fourth-order valence-corrected chi connectivity index (χ4v) is 4.96. The number of nitrogens with zero attached hydrogens (tertiary/aromatic N) is 5. The number of aromatic nitrogens is 5. The SMILES string of the molecule is COC(=O)c1cc(OC)c2c(c1)nc(-c1cc3ccc(-c4cccnc4F)nc3n1CCCCCCN)n2C. The van der Waals surface area contributed by atoms with Gasteiger partial charge in [-0.1, -0.05) is 12.8 Å². The highest BCUT2D eigenvalue weighted by atomic mass is 19.1. The van der Waals surface area contributed by atoms with Crippen LogP contribution in [0.3, 0.4) is 0 Å². The Labute approximate surface area is 225 Å². The third-order valence-corrected chi connectivity index (χ3v) is 6.92. The number of halogens is 1. The largest absolute Gasteiger partial charge is 0.494 e. The monoisotopic (exact) mass is 530 g/mol. The number of carbonyl (C=O) groups excluding carboxylic acids is 1. The lowest BCUT2D eigenvalue weighted by Gasteiger charge is -2.12. The predicted molar refractivity (Wildman–Crippen MR) is 148 cm³/mol. The molecule has 5 aromatic rings. The number of carbonyl (C=O) groups is 1. The van der Waals surface area contributed by atoms with E-state index in [0.717, 1.165) is 47.9 Å². The smallest absolute Gasteiger partial charge is 0.338 e. The molecule has 0 bridgehead atoms. The highest BCUT2D eigenvalue weighted by molar-refractivity contribution is 5.97. The Balaban J connectivity index is 1.67. The molecule has 2 N–H and O–H groups in total. The second kappa shape index (κ2) is 11.2. The van der Waals surface area contributed by atoms with E-state index in [1.165, 1.54) is 13.3 Å². The average Bonchev–Trinajstić information content (AvgIpc) is 3.48. The molecule has 4 aromatic heterocycles. The van der Waals surface area contributed by atoms with Crippen LogP contribution in [0.1, 0.15) is 36.0 Å². The van der Waals surface area contributed by atoms with Crippen molar-refractivity contribution in [3.63, 3.8) is 0 Å². The molecule has 0 unspecified atom stereocenters. The zero-order valence-corrected chi connectivity index (χ0v) is 22.3. The molecule has 4 heterocycles. The van der Waals surface area contributed by atoms with Crippen LogP contribution in [0, 0.1) is 5.95 Å². The van der Waals surface area contributed by atoms with E-state index >= 15 is 0 Å². The molecule has 0 aliphatic rings. The molecule has 0 fully saturated rings. The van der Waals surface area contributed by atoms with E-state index in [0.29, 0.717) is 47.0 Å². The van der Waals surface area contributed by atoms with Crippen LogP contribution in [-0.2, 0) is 18.3 Å². The summed E-state index contributed by atoms with van der Waals surface area (Å²) >= 11 is 0. The molecule has 9 nitrogen and oxygen atoms in total. The summed E-state index contributed by atoms with van der Waals surface area (Å²) in [7, 11) is 4.81. The Bertz CT molecular complexity index is 1660. The Hall–Kier alpha value is -4.31. The zero-order chi connectivity index (χ0) is 27.5. The molecule has 0 radical (unpaired) electrons. The average molecular weight is 531 g/mol. The van der Waals surface area contributed by atoms with Crippen molar-refractivity contribution in [3.8, 4) is 28.5 Å². The van der Waals surface area contributed by atoms with Crippen molar-refractivity contribution in [3.05, 3.63) is 60.2 Å². The lowest BCUT2D eigenvalue weighted by molar-refractivity contribution is 0.0600.